The van der Waals surface area contributed by atoms with Gasteiger partial charge >= 0.3 is 0 Å². The van der Waals surface area contributed by atoms with E-state index in [-0.39, 0.29) is 4.90 Å². The minimum atomic E-state index is -4.11. The van der Waals surface area contributed by atoms with Gasteiger partial charge in [-0.1, -0.05) is 17.7 Å². The molecule has 10 heteroatoms. The van der Waals surface area contributed by atoms with Gasteiger partial charge in [0.25, 0.3) is 0 Å². The number of aliphatic hydroxyl groups excluding tert-OH is 1. The number of nitrogens with one attached hydrogen (secondary N) is 1. The number of piperazine rings is 1. The maximum atomic E-state index is 13.1. The summed E-state index contributed by atoms with van der Waals surface area (Å²) in [5.41, 5.74) is 0.943. The van der Waals surface area contributed by atoms with Crippen LogP contribution in [0, 0.1) is 5.82 Å². The molecule has 1 amide bonds. The summed E-state index contributed by atoms with van der Waals surface area (Å²) in [5, 5.41) is 10.7. The van der Waals surface area contributed by atoms with Crippen LogP contribution in [0.25, 0.3) is 0 Å². The molecule has 1 fully saturated rings. The molecule has 2 atom stereocenters. The van der Waals surface area contributed by atoms with E-state index in [0.29, 0.717) is 31.2 Å². The van der Waals surface area contributed by atoms with E-state index >= 15 is 0 Å². The van der Waals surface area contributed by atoms with Gasteiger partial charge in [-0.05, 0) is 49.4 Å². The van der Waals surface area contributed by atoms with E-state index in [2.05, 4.69) is 9.62 Å². The number of nitrogens with zero attached hydrogens (tertiary/aromatic N) is 2. The number of sulfonamides is 1. The van der Waals surface area contributed by atoms with E-state index in [1.54, 1.807) is 6.07 Å². The molecule has 0 bridgehead atoms. The van der Waals surface area contributed by atoms with Gasteiger partial charge in [0.05, 0.1) is 11.0 Å². The molecule has 0 unspecified atom stereocenters. The summed E-state index contributed by atoms with van der Waals surface area (Å²) in [6.07, 6.45) is -1.25. The second kappa shape index (κ2) is 9.30. The molecule has 3 rings (SSSR count). The molecule has 0 aromatic heterocycles. The molecule has 2 aromatic rings. The minimum absolute atomic E-state index is 0.187. The molecule has 1 aliphatic rings. The van der Waals surface area contributed by atoms with E-state index < -0.39 is 33.9 Å². The third-order valence-electron chi connectivity index (χ3n) is 4.92. The van der Waals surface area contributed by atoms with Gasteiger partial charge in [-0.2, -0.15) is 4.72 Å². The van der Waals surface area contributed by atoms with Crippen molar-refractivity contribution in [2.24, 2.45) is 0 Å². The molecule has 0 spiro atoms. The lowest BCUT2D eigenvalue weighted by atomic mass is 10.1. The van der Waals surface area contributed by atoms with E-state index in [4.69, 9.17) is 11.6 Å². The highest BCUT2D eigenvalue weighted by atomic mass is 35.5. The van der Waals surface area contributed by atoms with Crippen LogP contribution in [-0.2, 0) is 14.8 Å². The summed E-state index contributed by atoms with van der Waals surface area (Å²) in [5.74, 6) is -1.09. The first-order chi connectivity index (χ1) is 14.2. The van der Waals surface area contributed by atoms with Crippen LogP contribution in [0.1, 0.15) is 6.92 Å². The lowest BCUT2D eigenvalue weighted by Crippen LogP contribution is -2.57. The maximum Gasteiger partial charge on any atom is 0.243 e. The van der Waals surface area contributed by atoms with Crippen molar-refractivity contribution in [1.82, 2.24) is 9.62 Å². The van der Waals surface area contributed by atoms with E-state index in [0.717, 1.165) is 30.0 Å². The molecule has 7 nitrogen and oxygen atoms in total. The molecule has 0 radical (unpaired) electrons. The van der Waals surface area contributed by atoms with Gasteiger partial charge in [0, 0.05) is 36.9 Å². The highest BCUT2D eigenvalue weighted by Gasteiger charge is 2.34. The fraction of sp³-hybridized carbons (Fsp3) is 0.350. The molecule has 30 heavy (non-hydrogen) atoms. The second-order valence-electron chi connectivity index (χ2n) is 7.09. The molecule has 2 aromatic carbocycles. The third-order valence-corrected chi connectivity index (χ3v) is 6.61. The van der Waals surface area contributed by atoms with Crippen LogP contribution in [-0.4, -0.2) is 62.7 Å². The van der Waals surface area contributed by atoms with Crippen molar-refractivity contribution in [3.8, 4) is 0 Å². The van der Waals surface area contributed by atoms with E-state index in [1.165, 1.54) is 11.8 Å². The Morgan fingerprint density at radius 2 is 1.77 bits per heavy atom. The first-order valence-corrected chi connectivity index (χ1v) is 11.3. The van der Waals surface area contributed by atoms with Gasteiger partial charge in [-0.3, -0.25) is 4.79 Å². The number of anilines is 1. The number of amides is 1. The fourth-order valence-electron chi connectivity index (χ4n) is 3.26. The standard InChI is InChI=1S/C20H23ClFN3O4S/c1-14(26)19(23-30(28,29)18-7-5-16(22)6-8-18)20(27)25-11-9-24(10-12-25)17-4-2-3-15(21)13-17/h2-8,13-14,19,23,26H,9-12H2,1H3/t14-,19+/m0/s1. The number of aliphatic hydroxyl groups is 1. The van der Waals surface area contributed by atoms with Crippen molar-refractivity contribution in [1.29, 1.82) is 0 Å². The Bertz CT molecular complexity index is 993. The van der Waals surface area contributed by atoms with Gasteiger partial charge in [-0.25, -0.2) is 12.8 Å². The van der Waals surface area contributed by atoms with E-state index in [1.807, 2.05) is 18.2 Å². The Morgan fingerprint density at radius 3 is 2.33 bits per heavy atom. The number of benzene rings is 2. The Kier molecular flexibility index (Phi) is 6.97. The zero-order chi connectivity index (χ0) is 21.9. The fourth-order valence-corrected chi connectivity index (χ4v) is 4.71. The lowest BCUT2D eigenvalue weighted by molar-refractivity contribution is -0.135. The predicted molar refractivity (Wildman–Crippen MR) is 112 cm³/mol. The number of carbonyl (C=O) groups is 1. The zero-order valence-corrected chi connectivity index (χ0v) is 17.9. The van der Waals surface area contributed by atoms with Crippen molar-refractivity contribution >= 4 is 33.2 Å². The molecule has 1 heterocycles. The van der Waals surface area contributed by atoms with Crippen LogP contribution in [0.3, 0.4) is 0 Å². The quantitative estimate of drug-likeness (QED) is 0.694. The lowest BCUT2D eigenvalue weighted by Gasteiger charge is -2.38. The summed E-state index contributed by atoms with van der Waals surface area (Å²) in [6.45, 7) is 3.17. The van der Waals surface area contributed by atoms with Gasteiger partial charge in [0.2, 0.25) is 15.9 Å². The monoisotopic (exact) mass is 455 g/mol. The summed E-state index contributed by atoms with van der Waals surface area (Å²) >= 11 is 6.04. The van der Waals surface area contributed by atoms with Crippen molar-refractivity contribution in [2.75, 3.05) is 31.1 Å². The summed E-state index contributed by atoms with van der Waals surface area (Å²) in [7, 11) is -4.11. The second-order valence-corrected chi connectivity index (χ2v) is 9.24. The maximum absolute atomic E-state index is 13.1. The normalized spacial score (nSPS) is 16.9. The molecular formula is C20H23ClFN3O4S. The van der Waals surface area contributed by atoms with Crippen LogP contribution in [0.4, 0.5) is 10.1 Å². The SMILES string of the molecule is C[C@H](O)[C@@H](NS(=O)(=O)c1ccc(F)cc1)C(=O)N1CCN(c2cccc(Cl)c2)CC1. The van der Waals surface area contributed by atoms with Gasteiger partial charge < -0.3 is 14.9 Å². The average molecular weight is 456 g/mol. The average Bonchev–Trinajstić information content (AvgIpc) is 2.72. The Morgan fingerprint density at radius 1 is 1.13 bits per heavy atom. The molecule has 1 saturated heterocycles. The van der Waals surface area contributed by atoms with Crippen LogP contribution < -0.4 is 9.62 Å². The van der Waals surface area contributed by atoms with Crippen molar-refractivity contribution in [3.05, 3.63) is 59.4 Å². The first kappa shape index (κ1) is 22.5. The summed E-state index contributed by atoms with van der Waals surface area (Å²) in [4.78, 5) is 16.4. The zero-order valence-electron chi connectivity index (χ0n) is 16.3. The highest BCUT2D eigenvalue weighted by molar-refractivity contribution is 7.89. The number of rotatable bonds is 6. The van der Waals surface area contributed by atoms with Crippen LogP contribution in [0.5, 0.6) is 0 Å². The Labute approximate surface area is 180 Å². The molecular weight excluding hydrogens is 433 g/mol. The molecule has 0 saturated carbocycles. The van der Waals surface area contributed by atoms with Gasteiger partial charge in [0.15, 0.2) is 0 Å². The minimum Gasteiger partial charge on any atom is -0.391 e. The number of carbonyl (C=O) groups excluding carboxylic acids is 1. The van der Waals surface area contributed by atoms with Gasteiger partial charge in [0.1, 0.15) is 11.9 Å². The summed E-state index contributed by atoms with van der Waals surface area (Å²) in [6, 6.07) is 10.3. The smallest absolute Gasteiger partial charge is 0.243 e. The van der Waals surface area contributed by atoms with E-state index in [9.17, 15) is 22.7 Å². The molecule has 1 aliphatic heterocycles. The van der Waals surface area contributed by atoms with Gasteiger partial charge in [-0.15, -0.1) is 0 Å². The third kappa shape index (κ3) is 5.28. The number of hydrogen-bond acceptors (Lipinski definition) is 5. The molecule has 2 N–H and O–H groups in total. The highest BCUT2D eigenvalue weighted by Crippen LogP contribution is 2.21. The molecule has 0 aliphatic carbocycles. The Balaban J connectivity index is 1.68. The van der Waals surface area contributed by atoms with Crippen molar-refractivity contribution in [3.63, 3.8) is 0 Å². The topological polar surface area (TPSA) is 89.9 Å². The summed E-state index contributed by atoms with van der Waals surface area (Å²) < 4.78 is 40.5. The van der Waals surface area contributed by atoms with Crippen LogP contribution in [0.2, 0.25) is 5.02 Å². The van der Waals surface area contributed by atoms with Crippen molar-refractivity contribution in [2.45, 2.75) is 24.0 Å². The number of halogens is 2. The van der Waals surface area contributed by atoms with Crippen LogP contribution >= 0.6 is 11.6 Å². The predicted octanol–water partition coefficient (Wildman–Crippen LogP) is 1.86. The van der Waals surface area contributed by atoms with Crippen LogP contribution in [0.15, 0.2) is 53.4 Å². The Hall–Kier alpha value is -2.20. The first-order valence-electron chi connectivity index (χ1n) is 9.42. The molecule has 162 valence electrons. The van der Waals surface area contributed by atoms with Crippen molar-refractivity contribution < 1.29 is 22.7 Å². The number of hydrogen-bond donors (Lipinski definition) is 2. The largest absolute Gasteiger partial charge is 0.391 e.